The maximum atomic E-state index is 14.6. The summed E-state index contributed by atoms with van der Waals surface area (Å²) >= 11 is 0. The Morgan fingerprint density at radius 3 is 2.48 bits per heavy atom. The van der Waals surface area contributed by atoms with Crippen LogP contribution in [0.1, 0.15) is 28.5 Å². The number of piperazine rings is 1. The molecule has 4 rings (SSSR count). The van der Waals surface area contributed by atoms with E-state index in [1.165, 1.54) is 17.0 Å². The molecule has 1 aliphatic rings. The highest BCUT2D eigenvalue weighted by Crippen LogP contribution is 2.20. The number of aromatic amines is 1. The van der Waals surface area contributed by atoms with E-state index in [0.29, 0.717) is 41.5 Å². The summed E-state index contributed by atoms with van der Waals surface area (Å²) in [6.45, 7) is 2.66. The third kappa shape index (κ3) is 4.46. The molecule has 0 aliphatic carbocycles. The largest absolute Gasteiger partial charge is 0.338 e. The van der Waals surface area contributed by atoms with Crippen molar-refractivity contribution in [2.75, 3.05) is 26.2 Å². The fourth-order valence-corrected chi connectivity index (χ4v) is 3.98. The van der Waals surface area contributed by atoms with Crippen LogP contribution in [-0.2, 0) is 11.2 Å². The van der Waals surface area contributed by atoms with Gasteiger partial charge in [0.1, 0.15) is 11.7 Å². The second-order valence-electron chi connectivity index (χ2n) is 8.00. The molecule has 1 aromatic heterocycles. The zero-order valence-corrected chi connectivity index (χ0v) is 18.0. The first kappa shape index (κ1) is 22.1. The van der Waals surface area contributed by atoms with Crippen molar-refractivity contribution in [3.8, 4) is 6.07 Å². The van der Waals surface area contributed by atoms with Crippen molar-refractivity contribution in [2.24, 2.45) is 5.92 Å². The average molecular weight is 447 g/mol. The van der Waals surface area contributed by atoms with Gasteiger partial charge in [0.2, 0.25) is 5.91 Å². The van der Waals surface area contributed by atoms with Crippen LogP contribution >= 0.6 is 0 Å². The van der Waals surface area contributed by atoms with E-state index >= 15 is 0 Å². The lowest BCUT2D eigenvalue weighted by molar-refractivity contribution is -0.134. The molecule has 1 aliphatic heterocycles. The quantitative estimate of drug-likeness (QED) is 0.659. The van der Waals surface area contributed by atoms with E-state index in [4.69, 9.17) is 5.26 Å². The molecule has 9 heteroatoms. The Labute approximate surface area is 189 Å². The fraction of sp³-hybridized carbons (Fsp3) is 0.292. The summed E-state index contributed by atoms with van der Waals surface area (Å²) in [5, 5.41) is 16.8. The van der Waals surface area contributed by atoms with E-state index in [1.807, 2.05) is 12.1 Å². The molecule has 1 fully saturated rings. The summed E-state index contributed by atoms with van der Waals surface area (Å²) in [6, 6.07) is 13.4. The van der Waals surface area contributed by atoms with Crippen LogP contribution in [0.5, 0.6) is 0 Å². The molecular formula is C24H22FN5O3. The zero-order valence-electron chi connectivity index (χ0n) is 18.0. The number of H-pyrrole nitrogens is 1. The highest BCUT2D eigenvalue weighted by Gasteiger charge is 2.28. The maximum Gasteiger partial charge on any atom is 0.272 e. The average Bonchev–Trinajstić information content (AvgIpc) is 2.85. The van der Waals surface area contributed by atoms with E-state index in [2.05, 4.69) is 10.2 Å². The molecule has 2 amide bonds. The number of rotatable bonds is 4. The number of nitrogens with zero attached hydrogens (tertiary/aromatic N) is 4. The minimum Gasteiger partial charge on any atom is -0.338 e. The van der Waals surface area contributed by atoms with Gasteiger partial charge in [0.25, 0.3) is 11.5 Å². The Kier molecular flexibility index (Phi) is 6.18. The number of carbonyl (C=O) groups excluding carboxylic acids is 2. The van der Waals surface area contributed by atoms with E-state index in [-0.39, 0.29) is 30.1 Å². The number of carbonyl (C=O) groups is 2. The number of halogens is 1. The van der Waals surface area contributed by atoms with Crippen LogP contribution in [0.25, 0.3) is 10.8 Å². The van der Waals surface area contributed by atoms with Crippen LogP contribution < -0.4 is 5.56 Å². The lowest BCUT2D eigenvalue weighted by Gasteiger charge is -2.35. The van der Waals surface area contributed by atoms with Gasteiger partial charge < -0.3 is 9.80 Å². The molecule has 1 N–H and O–H groups in total. The Morgan fingerprint density at radius 1 is 1.12 bits per heavy atom. The Hall–Kier alpha value is -4.06. The van der Waals surface area contributed by atoms with Gasteiger partial charge in [-0.3, -0.25) is 14.4 Å². The first-order valence-electron chi connectivity index (χ1n) is 10.6. The van der Waals surface area contributed by atoms with Gasteiger partial charge in [-0.05, 0) is 30.7 Å². The third-order valence-electron chi connectivity index (χ3n) is 5.85. The first-order chi connectivity index (χ1) is 15.9. The van der Waals surface area contributed by atoms with Crippen LogP contribution in [0.3, 0.4) is 0 Å². The van der Waals surface area contributed by atoms with Gasteiger partial charge in [-0.2, -0.15) is 10.4 Å². The van der Waals surface area contributed by atoms with Crippen molar-refractivity contribution >= 4 is 22.6 Å². The minimum atomic E-state index is -0.737. The molecule has 8 nitrogen and oxygen atoms in total. The number of hydrogen-bond acceptors (Lipinski definition) is 5. The summed E-state index contributed by atoms with van der Waals surface area (Å²) in [4.78, 5) is 40.3. The molecule has 1 atom stereocenters. The van der Waals surface area contributed by atoms with Gasteiger partial charge in [-0.25, -0.2) is 9.49 Å². The predicted molar refractivity (Wildman–Crippen MR) is 119 cm³/mol. The number of hydrogen-bond donors (Lipinski definition) is 1. The summed E-state index contributed by atoms with van der Waals surface area (Å²) in [7, 11) is 0. The normalized spacial score (nSPS) is 14.7. The second-order valence-corrected chi connectivity index (χ2v) is 8.00. The van der Waals surface area contributed by atoms with Gasteiger partial charge >= 0.3 is 0 Å². The first-order valence-corrected chi connectivity index (χ1v) is 10.6. The van der Waals surface area contributed by atoms with Gasteiger partial charge in [0.05, 0.1) is 22.7 Å². The number of nitriles is 1. The SMILES string of the molecule is CC(C#N)C(=O)N1CCN(C(=O)c2cc(Cc3n[nH]c(=O)c4ccccc34)ccc2F)CC1. The van der Waals surface area contributed by atoms with Crippen molar-refractivity contribution in [3.05, 3.63) is 75.5 Å². The number of aromatic nitrogens is 2. The molecule has 0 saturated carbocycles. The highest BCUT2D eigenvalue weighted by atomic mass is 19.1. The molecule has 33 heavy (non-hydrogen) atoms. The van der Waals surface area contributed by atoms with Crippen molar-refractivity contribution in [1.29, 1.82) is 5.26 Å². The number of nitrogens with one attached hydrogen (secondary N) is 1. The predicted octanol–water partition coefficient (Wildman–Crippen LogP) is 2.10. The molecule has 0 radical (unpaired) electrons. The summed E-state index contributed by atoms with van der Waals surface area (Å²) in [5.41, 5.74) is 0.965. The van der Waals surface area contributed by atoms with Gasteiger partial charge in [-0.15, -0.1) is 0 Å². The lowest BCUT2D eigenvalue weighted by Crippen LogP contribution is -2.51. The van der Waals surface area contributed by atoms with Crippen molar-refractivity contribution < 1.29 is 14.0 Å². The molecule has 0 bridgehead atoms. The van der Waals surface area contributed by atoms with E-state index < -0.39 is 17.6 Å². The number of fused-ring (bicyclic) bond motifs is 1. The number of amides is 2. The fourth-order valence-electron chi connectivity index (χ4n) is 3.98. The summed E-state index contributed by atoms with van der Waals surface area (Å²) < 4.78 is 14.6. The van der Waals surface area contributed by atoms with Crippen LogP contribution in [0, 0.1) is 23.1 Å². The van der Waals surface area contributed by atoms with Crippen molar-refractivity contribution in [3.63, 3.8) is 0 Å². The molecule has 0 spiro atoms. The van der Waals surface area contributed by atoms with E-state index in [1.54, 1.807) is 36.1 Å². The van der Waals surface area contributed by atoms with Crippen LogP contribution in [0.2, 0.25) is 0 Å². The van der Waals surface area contributed by atoms with E-state index in [0.717, 1.165) is 0 Å². The van der Waals surface area contributed by atoms with Crippen LogP contribution in [-0.4, -0.2) is 58.0 Å². The highest BCUT2D eigenvalue weighted by molar-refractivity contribution is 5.95. The molecule has 168 valence electrons. The summed E-state index contributed by atoms with van der Waals surface area (Å²) in [5.74, 6) is -2.08. The Bertz CT molecular complexity index is 1320. The van der Waals surface area contributed by atoms with Crippen LogP contribution in [0.15, 0.2) is 47.3 Å². The minimum absolute atomic E-state index is 0.0496. The molecule has 3 aromatic rings. The van der Waals surface area contributed by atoms with Gasteiger partial charge in [0.15, 0.2) is 0 Å². The molecule has 2 heterocycles. The molecule has 1 saturated heterocycles. The van der Waals surface area contributed by atoms with Gasteiger partial charge in [-0.1, -0.05) is 24.3 Å². The molecule has 1 unspecified atom stereocenters. The standard InChI is InChI=1S/C24H22FN5O3/c1-15(14-26)23(32)29-8-10-30(11-9-29)24(33)19-12-16(6-7-20(19)25)13-21-17-4-2-3-5-18(17)22(31)28-27-21/h2-7,12,15H,8-11,13H2,1H3,(H,28,31). The zero-order chi connectivity index (χ0) is 23.5. The molecule has 2 aromatic carbocycles. The monoisotopic (exact) mass is 447 g/mol. The van der Waals surface area contributed by atoms with Gasteiger partial charge in [0, 0.05) is 38.0 Å². The third-order valence-corrected chi connectivity index (χ3v) is 5.85. The van der Waals surface area contributed by atoms with Crippen molar-refractivity contribution in [1.82, 2.24) is 20.0 Å². The number of benzene rings is 2. The Balaban J connectivity index is 1.52. The lowest BCUT2D eigenvalue weighted by atomic mass is 10.0. The van der Waals surface area contributed by atoms with E-state index in [9.17, 15) is 18.8 Å². The topological polar surface area (TPSA) is 110 Å². The molecular weight excluding hydrogens is 425 g/mol. The summed E-state index contributed by atoms with van der Waals surface area (Å²) in [6.07, 6.45) is 0.312. The second kappa shape index (κ2) is 9.20. The smallest absolute Gasteiger partial charge is 0.272 e. The maximum absolute atomic E-state index is 14.6. The van der Waals surface area contributed by atoms with Crippen LogP contribution in [0.4, 0.5) is 4.39 Å². The Morgan fingerprint density at radius 2 is 1.79 bits per heavy atom. The van der Waals surface area contributed by atoms with Crippen molar-refractivity contribution in [2.45, 2.75) is 13.3 Å².